The molecule has 108 valence electrons. The largest absolute Gasteiger partial charge is 0.480 e. The standard InChI is InChI=1S/C13H15BrN2O4/c1-8-6-9(14)2-3-10(8)15-13(19)16-4-5-20-7-11(16)12(17)18/h2-3,6,11H,4-5,7H2,1H3,(H,15,19)(H,17,18). The number of amides is 2. The Morgan fingerprint density at radius 3 is 2.90 bits per heavy atom. The third-order valence-corrected chi connectivity index (χ3v) is 3.60. The Hall–Kier alpha value is -1.60. The highest BCUT2D eigenvalue weighted by molar-refractivity contribution is 9.10. The van der Waals surface area contributed by atoms with Crippen molar-refractivity contribution in [1.82, 2.24) is 4.90 Å². The van der Waals surface area contributed by atoms with Gasteiger partial charge in [-0.1, -0.05) is 15.9 Å². The number of benzene rings is 1. The molecule has 1 heterocycles. The van der Waals surface area contributed by atoms with Crippen molar-refractivity contribution in [3.63, 3.8) is 0 Å². The maximum absolute atomic E-state index is 12.2. The maximum Gasteiger partial charge on any atom is 0.328 e. The lowest BCUT2D eigenvalue weighted by molar-refractivity contribution is -0.147. The first-order valence-electron chi connectivity index (χ1n) is 6.13. The Bertz CT molecular complexity index is 535. The molecule has 20 heavy (non-hydrogen) atoms. The number of carbonyl (C=O) groups is 2. The fourth-order valence-corrected chi connectivity index (χ4v) is 2.48. The van der Waals surface area contributed by atoms with E-state index >= 15 is 0 Å². The smallest absolute Gasteiger partial charge is 0.328 e. The normalized spacial score (nSPS) is 18.7. The first kappa shape index (κ1) is 14.8. The van der Waals surface area contributed by atoms with Crippen LogP contribution in [0.2, 0.25) is 0 Å². The van der Waals surface area contributed by atoms with Crippen LogP contribution in [0.4, 0.5) is 10.5 Å². The SMILES string of the molecule is Cc1cc(Br)ccc1NC(=O)N1CCOCC1C(=O)O. The van der Waals surface area contributed by atoms with E-state index in [0.29, 0.717) is 12.3 Å². The van der Waals surface area contributed by atoms with Gasteiger partial charge in [-0.05, 0) is 30.7 Å². The Labute approximate surface area is 124 Å². The predicted molar refractivity (Wildman–Crippen MR) is 76.8 cm³/mol. The number of morpholine rings is 1. The van der Waals surface area contributed by atoms with Gasteiger partial charge in [-0.2, -0.15) is 0 Å². The molecule has 2 amide bonds. The number of carbonyl (C=O) groups excluding carboxylic acids is 1. The van der Waals surface area contributed by atoms with Crippen LogP contribution < -0.4 is 5.32 Å². The minimum absolute atomic E-state index is 0.0159. The highest BCUT2D eigenvalue weighted by Crippen LogP contribution is 2.21. The van der Waals surface area contributed by atoms with Crippen molar-refractivity contribution in [1.29, 1.82) is 0 Å². The van der Waals surface area contributed by atoms with Crippen LogP contribution in [0.1, 0.15) is 5.56 Å². The zero-order valence-corrected chi connectivity index (χ0v) is 12.5. The van der Waals surface area contributed by atoms with Crippen molar-refractivity contribution in [3.8, 4) is 0 Å². The van der Waals surface area contributed by atoms with E-state index in [2.05, 4.69) is 21.2 Å². The number of hydrogen-bond donors (Lipinski definition) is 2. The molecule has 1 aliphatic rings. The average molecular weight is 343 g/mol. The van der Waals surface area contributed by atoms with E-state index in [4.69, 9.17) is 9.84 Å². The summed E-state index contributed by atoms with van der Waals surface area (Å²) in [6, 6.07) is 4.10. The molecule has 0 aromatic heterocycles. The molecule has 2 rings (SSSR count). The van der Waals surface area contributed by atoms with Crippen molar-refractivity contribution >= 4 is 33.6 Å². The topological polar surface area (TPSA) is 78.9 Å². The third kappa shape index (κ3) is 3.29. The first-order chi connectivity index (χ1) is 9.49. The summed E-state index contributed by atoms with van der Waals surface area (Å²) in [4.78, 5) is 24.6. The summed E-state index contributed by atoms with van der Waals surface area (Å²) in [5.41, 5.74) is 1.56. The lowest BCUT2D eigenvalue weighted by Gasteiger charge is -2.32. The van der Waals surface area contributed by atoms with Gasteiger partial charge in [0.05, 0.1) is 13.2 Å². The third-order valence-electron chi connectivity index (χ3n) is 3.10. The van der Waals surface area contributed by atoms with Crippen molar-refractivity contribution in [3.05, 3.63) is 28.2 Å². The van der Waals surface area contributed by atoms with Gasteiger partial charge < -0.3 is 20.1 Å². The Balaban J connectivity index is 2.12. The number of hydrogen-bond acceptors (Lipinski definition) is 3. The number of halogens is 1. The summed E-state index contributed by atoms with van der Waals surface area (Å²) < 4.78 is 6.02. The van der Waals surface area contributed by atoms with Gasteiger partial charge in [-0.25, -0.2) is 9.59 Å². The summed E-state index contributed by atoms with van der Waals surface area (Å²) in [6.45, 7) is 2.49. The van der Waals surface area contributed by atoms with Crippen molar-refractivity contribution in [2.75, 3.05) is 25.1 Å². The number of rotatable bonds is 2. The quantitative estimate of drug-likeness (QED) is 0.862. The monoisotopic (exact) mass is 342 g/mol. The second-order valence-corrected chi connectivity index (χ2v) is 5.43. The van der Waals surface area contributed by atoms with Crippen molar-refractivity contribution in [2.24, 2.45) is 0 Å². The van der Waals surface area contributed by atoms with Crippen LogP contribution >= 0.6 is 15.9 Å². The molecule has 1 fully saturated rings. The minimum Gasteiger partial charge on any atom is -0.480 e. The lowest BCUT2D eigenvalue weighted by atomic mass is 10.2. The number of carboxylic acid groups (broad SMARTS) is 1. The summed E-state index contributed by atoms with van der Waals surface area (Å²) in [5.74, 6) is -1.06. The van der Waals surface area contributed by atoms with Crippen LogP contribution in [0, 0.1) is 6.92 Å². The number of aliphatic carboxylic acids is 1. The Morgan fingerprint density at radius 2 is 2.25 bits per heavy atom. The van der Waals surface area contributed by atoms with Crippen LogP contribution in [0.25, 0.3) is 0 Å². The molecule has 1 atom stereocenters. The Morgan fingerprint density at radius 1 is 1.50 bits per heavy atom. The van der Waals surface area contributed by atoms with Gasteiger partial charge in [0.25, 0.3) is 0 Å². The molecule has 0 aliphatic carbocycles. The van der Waals surface area contributed by atoms with Gasteiger partial charge in [0.15, 0.2) is 6.04 Å². The molecule has 1 aromatic rings. The zero-order valence-electron chi connectivity index (χ0n) is 10.9. The van der Waals surface area contributed by atoms with Crippen molar-refractivity contribution in [2.45, 2.75) is 13.0 Å². The molecule has 2 N–H and O–H groups in total. The van der Waals surface area contributed by atoms with Gasteiger partial charge in [-0.3, -0.25) is 0 Å². The number of nitrogens with one attached hydrogen (secondary N) is 1. The molecule has 0 spiro atoms. The van der Waals surface area contributed by atoms with Crippen molar-refractivity contribution < 1.29 is 19.4 Å². The molecule has 1 saturated heterocycles. The molecule has 6 nitrogen and oxygen atoms in total. The summed E-state index contributed by atoms with van der Waals surface area (Å²) in [6.07, 6.45) is 0. The molecule has 1 aromatic carbocycles. The number of nitrogens with zero attached hydrogens (tertiary/aromatic N) is 1. The second kappa shape index (κ2) is 6.23. The van der Waals surface area contributed by atoms with E-state index < -0.39 is 18.0 Å². The summed E-state index contributed by atoms with van der Waals surface area (Å²) >= 11 is 3.35. The number of carboxylic acids is 1. The van der Waals surface area contributed by atoms with Gasteiger partial charge in [-0.15, -0.1) is 0 Å². The van der Waals surface area contributed by atoms with E-state index in [1.807, 2.05) is 19.1 Å². The predicted octanol–water partition coefficient (Wildman–Crippen LogP) is 2.07. The van der Waals surface area contributed by atoms with Crippen LogP contribution in [0.3, 0.4) is 0 Å². The van der Waals surface area contributed by atoms with Gasteiger partial charge >= 0.3 is 12.0 Å². The highest BCUT2D eigenvalue weighted by Gasteiger charge is 2.32. The molecule has 0 saturated carbocycles. The lowest BCUT2D eigenvalue weighted by Crippen LogP contribution is -2.54. The summed E-state index contributed by atoms with van der Waals surface area (Å²) in [5, 5.41) is 11.8. The number of aryl methyl sites for hydroxylation is 1. The van der Waals surface area contributed by atoms with E-state index in [-0.39, 0.29) is 13.2 Å². The fraction of sp³-hybridized carbons (Fsp3) is 0.385. The van der Waals surface area contributed by atoms with E-state index in [9.17, 15) is 9.59 Å². The van der Waals surface area contributed by atoms with E-state index in [1.165, 1.54) is 4.90 Å². The molecule has 1 aliphatic heterocycles. The van der Waals surface area contributed by atoms with Crippen LogP contribution in [-0.4, -0.2) is 47.8 Å². The molecule has 7 heteroatoms. The Kier molecular flexibility index (Phi) is 4.61. The zero-order chi connectivity index (χ0) is 14.7. The average Bonchev–Trinajstić information content (AvgIpc) is 2.41. The van der Waals surface area contributed by atoms with Crippen LogP contribution in [0.5, 0.6) is 0 Å². The number of ether oxygens (including phenoxy) is 1. The van der Waals surface area contributed by atoms with E-state index in [0.717, 1.165) is 10.0 Å². The first-order valence-corrected chi connectivity index (χ1v) is 6.92. The molecular formula is C13H15BrN2O4. The van der Waals surface area contributed by atoms with Gasteiger partial charge in [0, 0.05) is 16.7 Å². The van der Waals surface area contributed by atoms with Crippen LogP contribution in [0.15, 0.2) is 22.7 Å². The number of urea groups is 1. The molecule has 1 unspecified atom stereocenters. The van der Waals surface area contributed by atoms with Crippen LogP contribution in [-0.2, 0) is 9.53 Å². The highest BCUT2D eigenvalue weighted by atomic mass is 79.9. The maximum atomic E-state index is 12.2. The number of anilines is 1. The molecular weight excluding hydrogens is 328 g/mol. The molecule has 0 bridgehead atoms. The second-order valence-electron chi connectivity index (χ2n) is 4.51. The molecule has 0 radical (unpaired) electrons. The summed E-state index contributed by atoms with van der Waals surface area (Å²) in [7, 11) is 0. The fourth-order valence-electron chi connectivity index (χ4n) is 2.01. The van der Waals surface area contributed by atoms with Gasteiger partial charge in [0.1, 0.15) is 0 Å². The minimum atomic E-state index is -1.06. The van der Waals surface area contributed by atoms with E-state index in [1.54, 1.807) is 6.07 Å². The van der Waals surface area contributed by atoms with Gasteiger partial charge in [0.2, 0.25) is 0 Å².